The molecule has 1 aliphatic heterocycles. The number of halogens is 2. The fourth-order valence-corrected chi connectivity index (χ4v) is 2.34. The highest BCUT2D eigenvalue weighted by Gasteiger charge is 2.51. The second kappa shape index (κ2) is 5.01. The molecule has 0 saturated carbocycles. The lowest BCUT2D eigenvalue weighted by molar-refractivity contribution is 0.00578. The fourth-order valence-electron chi connectivity index (χ4n) is 2.19. The highest BCUT2D eigenvalue weighted by Crippen LogP contribution is 2.36. The average Bonchev–Trinajstić information content (AvgIpc) is 2.46. The first-order valence-electron chi connectivity index (χ1n) is 6.82. The van der Waals surface area contributed by atoms with Crippen molar-refractivity contribution in [1.82, 2.24) is 0 Å². The zero-order valence-electron chi connectivity index (χ0n) is 12.7. The lowest BCUT2D eigenvalue weighted by atomic mass is 9.78. The van der Waals surface area contributed by atoms with Crippen LogP contribution in [0.4, 0.5) is 4.39 Å². The van der Waals surface area contributed by atoms with Crippen LogP contribution in [0.15, 0.2) is 24.3 Å². The summed E-state index contributed by atoms with van der Waals surface area (Å²) in [5.41, 5.74) is 0.961. The molecule has 1 aromatic rings. The zero-order chi connectivity index (χ0) is 15.2. The van der Waals surface area contributed by atoms with Crippen molar-refractivity contribution >= 4 is 24.2 Å². The highest BCUT2D eigenvalue weighted by atomic mass is 35.5. The molecule has 1 aliphatic rings. The third-order valence-electron chi connectivity index (χ3n) is 3.99. The molecule has 1 atom stereocenters. The Labute approximate surface area is 125 Å². The molecule has 1 saturated heterocycles. The minimum atomic E-state index is -1.74. The van der Waals surface area contributed by atoms with Gasteiger partial charge in [-0.05, 0) is 45.6 Å². The van der Waals surface area contributed by atoms with E-state index >= 15 is 0 Å². The lowest BCUT2D eigenvalue weighted by Crippen LogP contribution is -2.41. The number of alkyl halides is 2. The molecule has 1 aromatic carbocycles. The van der Waals surface area contributed by atoms with Gasteiger partial charge in [-0.15, -0.1) is 0 Å². The SMILES string of the molecule is CC(F)(Cl)Cc1cccc(B2OC(C)(C)C(C)(C)O2)c1. The Hall–Kier alpha value is -0.575. The van der Waals surface area contributed by atoms with Gasteiger partial charge < -0.3 is 9.31 Å². The molecule has 20 heavy (non-hydrogen) atoms. The summed E-state index contributed by atoms with van der Waals surface area (Å²) in [6.07, 6.45) is 0.155. The second-order valence-electron chi connectivity index (χ2n) is 6.58. The van der Waals surface area contributed by atoms with E-state index in [-0.39, 0.29) is 17.6 Å². The maximum atomic E-state index is 13.5. The van der Waals surface area contributed by atoms with Crippen LogP contribution >= 0.6 is 11.6 Å². The van der Waals surface area contributed by atoms with E-state index in [1.165, 1.54) is 6.92 Å². The van der Waals surface area contributed by atoms with Crippen molar-refractivity contribution in [3.05, 3.63) is 29.8 Å². The van der Waals surface area contributed by atoms with Crippen molar-refractivity contribution in [1.29, 1.82) is 0 Å². The number of hydrogen-bond acceptors (Lipinski definition) is 2. The van der Waals surface area contributed by atoms with Crippen LogP contribution in [0.5, 0.6) is 0 Å². The molecule has 1 unspecified atom stereocenters. The molecule has 1 heterocycles. The molecule has 0 N–H and O–H groups in total. The van der Waals surface area contributed by atoms with Gasteiger partial charge >= 0.3 is 7.12 Å². The van der Waals surface area contributed by atoms with E-state index in [4.69, 9.17) is 20.9 Å². The number of hydrogen-bond donors (Lipinski definition) is 0. The van der Waals surface area contributed by atoms with Crippen molar-refractivity contribution in [2.75, 3.05) is 0 Å². The molecular formula is C15H21BClFO2. The number of rotatable bonds is 3. The Morgan fingerprint density at radius 3 is 2.25 bits per heavy atom. The van der Waals surface area contributed by atoms with Gasteiger partial charge in [-0.2, -0.15) is 0 Å². The molecule has 0 bridgehead atoms. The summed E-state index contributed by atoms with van der Waals surface area (Å²) in [5.74, 6) is 0. The highest BCUT2D eigenvalue weighted by molar-refractivity contribution is 6.62. The lowest BCUT2D eigenvalue weighted by Gasteiger charge is -2.32. The minimum absolute atomic E-state index is 0.155. The minimum Gasteiger partial charge on any atom is -0.399 e. The van der Waals surface area contributed by atoms with Gasteiger partial charge in [-0.25, -0.2) is 4.39 Å². The predicted octanol–water partition coefficient (Wildman–Crippen LogP) is 3.45. The second-order valence-corrected chi connectivity index (χ2v) is 7.37. The molecular weight excluding hydrogens is 277 g/mol. The van der Waals surface area contributed by atoms with E-state index in [0.29, 0.717) is 0 Å². The predicted molar refractivity (Wildman–Crippen MR) is 81.2 cm³/mol. The Balaban J connectivity index is 2.21. The first-order chi connectivity index (χ1) is 9.00. The maximum absolute atomic E-state index is 13.5. The summed E-state index contributed by atoms with van der Waals surface area (Å²) in [6.45, 7) is 9.39. The topological polar surface area (TPSA) is 18.5 Å². The van der Waals surface area contributed by atoms with Gasteiger partial charge in [0.05, 0.1) is 11.2 Å². The van der Waals surface area contributed by atoms with Crippen molar-refractivity contribution in [3.8, 4) is 0 Å². The summed E-state index contributed by atoms with van der Waals surface area (Å²) >= 11 is 5.64. The van der Waals surface area contributed by atoms with Crippen LogP contribution in [0.25, 0.3) is 0 Å². The Bertz CT molecular complexity index is 481. The largest absolute Gasteiger partial charge is 0.494 e. The third-order valence-corrected chi connectivity index (χ3v) is 4.12. The summed E-state index contributed by atoms with van der Waals surface area (Å²) in [7, 11) is -0.429. The normalized spacial score (nSPS) is 23.6. The molecule has 0 aromatic heterocycles. The van der Waals surface area contributed by atoms with Crippen LogP contribution in [0.1, 0.15) is 40.2 Å². The first kappa shape index (κ1) is 15.8. The third kappa shape index (κ3) is 3.36. The molecule has 2 nitrogen and oxygen atoms in total. The van der Waals surface area contributed by atoms with Crippen LogP contribution < -0.4 is 5.46 Å². The maximum Gasteiger partial charge on any atom is 0.494 e. The Morgan fingerprint density at radius 1 is 1.20 bits per heavy atom. The van der Waals surface area contributed by atoms with Crippen LogP contribution in [-0.2, 0) is 15.7 Å². The van der Waals surface area contributed by atoms with E-state index in [1.807, 2.05) is 52.0 Å². The Kier molecular flexibility index (Phi) is 3.96. The van der Waals surface area contributed by atoms with E-state index in [0.717, 1.165) is 11.0 Å². The zero-order valence-corrected chi connectivity index (χ0v) is 13.4. The van der Waals surface area contributed by atoms with Crippen molar-refractivity contribution < 1.29 is 13.7 Å². The van der Waals surface area contributed by atoms with Gasteiger partial charge in [-0.3, -0.25) is 0 Å². The molecule has 5 heteroatoms. The molecule has 2 rings (SSSR count). The first-order valence-corrected chi connectivity index (χ1v) is 7.20. The van der Waals surface area contributed by atoms with Gasteiger partial charge in [-0.1, -0.05) is 35.9 Å². The molecule has 110 valence electrons. The molecule has 0 aliphatic carbocycles. The van der Waals surface area contributed by atoms with Crippen molar-refractivity contribution in [2.45, 2.75) is 57.4 Å². The van der Waals surface area contributed by atoms with Gasteiger partial charge in [0.15, 0.2) is 5.13 Å². The van der Waals surface area contributed by atoms with Gasteiger partial charge in [0.25, 0.3) is 0 Å². The van der Waals surface area contributed by atoms with Gasteiger partial charge in [0, 0.05) is 6.42 Å². The quantitative estimate of drug-likeness (QED) is 0.628. The average molecular weight is 299 g/mol. The van der Waals surface area contributed by atoms with Gasteiger partial charge in [0.2, 0.25) is 0 Å². The summed E-state index contributed by atoms with van der Waals surface area (Å²) in [4.78, 5) is 0. The van der Waals surface area contributed by atoms with E-state index < -0.39 is 12.2 Å². The van der Waals surface area contributed by atoms with Crippen LogP contribution in [0, 0.1) is 0 Å². The van der Waals surface area contributed by atoms with Gasteiger partial charge in [0.1, 0.15) is 0 Å². The smallest absolute Gasteiger partial charge is 0.399 e. The Morgan fingerprint density at radius 2 is 1.75 bits per heavy atom. The fraction of sp³-hybridized carbons (Fsp3) is 0.600. The summed E-state index contributed by atoms with van der Waals surface area (Å²) in [5, 5.41) is -1.74. The van der Waals surface area contributed by atoms with Crippen LogP contribution in [0.3, 0.4) is 0 Å². The standard InChI is InChI=1S/C15H21BClFO2/c1-13(2)14(3,4)20-16(19-13)12-8-6-7-11(9-12)10-15(5,17)18/h6-9H,10H2,1-5H3. The summed E-state index contributed by atoms with van der Waals surface area (Å²) < 4.78 is 25.5. The molecule has 1 fully saturated rings. The van der Waals surface area contributed by atoms with Crippen molar-refractivity contribution in [3.63, 3.8) is 0 Å². The van der Waals surface area contributed by atoms with E-state index in [2.05, 4.69) is 0 Å². The van der Waals surface area contributed by atoms with Crippen LogP contribution in [0.2, 0.25) is 0 Å². The molecule has 0 spiro atoms. The number of benzene rings is 1. The molecule has 0 radical (unpaired) electrons. The summed E-state index contributed by atoms with van der Waals surface area (Å²) in [6, 6.07) is 7.55. The monoisotopic (exact) mass is 298 g/mol. The van der Waals surface area contributed by atoms with Crippen LogP contribution in [-0.4, -0.2) is 23.4 Å². The molecule has 0 amide bonds. The van der Waals surface area contributed by atoms with Crippen molar-refractivity contribution in [2.24, 2.45) is 0 Å². The van der Waals surface area contributed by atoms with E-state index in [9.17, 15) is 4.39 Å². The van der Waals surface area contributed by atoms with E-state index in [1.54, 1.807) is 0 Å².